The van der Waals surface area contributed by atoms with E-state index in [2.05, 4.69) is 26.9 Å². The second-order valence-electron chi connectivity index (χ2n) is 7.31. The predicted molar refractivity (Wildman–Crippen MR) is 92.6 cm³/mol. The smallest absolute Gasteiger partial charge is 0.270 e. The molecule has 126 valence electrons. The van der Waals surface area contributed by atoms with Gasteiger partial charge in [-0.3, -0.25) is 10.1 Å². The van der Waals surface area contributed by atoms with Crippen LogP contribution in [0.2, 0.25) is 0 Å². The Hall–Kier alpha value is -2.12. The standard InChI is InChI=1S/C17H21N5O2/c1-17-11-20-5-6-21(12-17)10-14(9-20)16(17)19-18-8-13-3-2-4-15(7-13)22(23)24/h2-4,7-8,14H,5-6,9-12H2,1H3/b18-8+,19-16+. The summed E-state index contributed by atoms with van der Waals surface area (Å²) in [7, 11) is 0. The van der Waals surface area contributed by atoms with Crippen LogP contribution < -0.4 is 0 Å². The van der Waals surface area contributed by atoms with Crippen LogP contribution in [-0.2, 0) is 0 Å². The second-order valence-corrected chi connectivity index (χ2v) is 7.31. The topological polar surface area (TPSA) is 74.3 Å². The predicted octanol–water partition coefficient (Wildman–Crippen LogP) is 1.64. The van der Waals surface area contributed by atoms with Crippen LogP contribution in [0.1, 0.15) is 12.5 Å². The second kappa shape index (κ2) is 5.75. The molecule has 1 aromatic carbocycles. The molecular weight excluding hydrogens is 306 g/mol. The molecule has 0 saturated carbocycles. The zero-order valence-corrected chi connectivity index (χ0v) is 13.8. The lowest BCUT2D eigenvalue weighted by Gasteiger charge is -2.48. The molecule has 0 amide bonds. The van der Waals surface area contributed by atoms with Gasteiger partial charge >= 0.3 is 0 Å². The minimum atomic E-state index is -0.394. The third-order valence-corrected chi connectivity index (χ3v) is 5.29. The van der Waals surface area contributed by atoms with Crippen molar-refractivity contribution < 1.29 is 4.92 Å². The van der Waals surface area contributed by atoms with Crippen LogP contribution in [-0.4, -0.2) is 65.9 Å². The lowest BCUT2D eigenvalue weighted by atomic mass is 9.72. The number of fused-ring (bicyclic) bond motifs is 1. The first-order valence-corrected chi connectivity index (χ1v) is 8.34. The van der Waals surface area contributed by atoms with E-state index >= 15 is 0 Å². The summed E-state index contributed by atoms with van der Waals surface area (Å²) in [5, 5.41) is 19.7. The number of non-ortho nitro benzene ring substituents is 1. The summed E-state index contributed by atoms with van der Waals surface area (Å²) in [6.45, 7) is 8.81. The maximum Gasteiger partial charge on any atom is 0.270 e. The van der Waals surface area contributed by atoms with Gasteiger partial charge in [-0.25, -0.2) is 0 Å². The molecule has 1 aromatic rings. The van der Waals surface area contributed by atoms with E-state index in [9.17, 15) is 10.1 Å². The highest BCUT2D eigenvalue weighted by atomic mass is 16.6. The Morgan fingerprint density at radius 2 is 2.00 bits per heavy atom. The Bertz CT molecular complexity index is 713. The van der Waals surface area contributed by atoms with Crippen molar-refractivity contribution >= 4 is 17.6 Å². The van der Waals surface area contributed by atoms with Gasteiger partial charge in [-0.15, -0.1) is 0 Å². The van der Waals surface area contributed by atoms with Gasteiger partial charge in [-0.1, -0.05) is 19.1 Å². The Morgan fingerprint density at radius 1 is 1.29 bits per heavy atom. The van der Waals surface area contributed by atoms with Crippen molar-refractivity contribution in [1.82, 2.24) is 9.80 Å². The van der Waals surface area contributed by atoms with E-state index in [-0.39, 0.29) is 11.1 Å². The van der Waals surface area contributed by atoms with E-state index in [0.717, 1.165) is 39.3 Å². The molecule has 24 heavy (non-hydrogen) atoms. The van der Waals surface area contributed by atoms with Crippen LogP contribution in [0.4, 0.5) is 5.69 Å². The first-order chi connectivity index (χ1) is 11.5. The molecule has 0 spiro atoms. The van der Waals surface area contributed by atoms with Crippen molar-refractivity contribution in [2.75, 3.05) is 39.3 Å². The number of nitro groups is 1. The molecule has 0 aromatic heterocycles. The van der Waals surface area contributed by atoms with Gasteiger partial charge in [0, 0.05) is 68.3 Å². The number of piperidine rings is 2. The van der Waals surface area contributed by atoms with E-state index < -0.39 is 4.92 Å². The third-order valence-electron chi connectivity index (χ3n) is 5.29. The van der Waals surface area contributed by atoms with Gasteiger partial charge < -0.3 is 9.80 Å². The Kier molecular flexibility index (Phi) is 3.69. The summed E-state index contributed by atoms with van der Waals surface area (Å²) in [5.74, 6) is 0.447. The summed E-state index contributed by atoms with van der Waals surface area (Å²) in [6, 6.07) is 6.47. The normalized spacial score (nSPS) is 36.4. The van der Waals surface area contributed by atoms with Crippen molar-refractivity contribution in [3.05, 3.63) is 39.9 Å². The molecule has 0 N–H and O–H groups in total. The van der Waals surface area contributed by atoms with Crippen molar-refractivity contribution in [2.24, 2.45) is 21.5 Å². The monoisotopic (exact) mass is 327 g/mol. The van der Waals surface area contributed by atoms with E-state index in [1.54, 1.807) is 18.3 Å². The molecule has 2 atom stereocenters. The van der Waals surface area contributed by atoms with Crippen LogP contribution in [0.25, 0.3) is 0 Å². The van der Waals surface area contributed by atoms with Gasteiger partial charge in [0.25, 0.3) is 5.69 Å². The van der Waals surface area contributed by atoms with E-state index in [0.29, 0.717) is 11.5 Å². The zero-order valence-electron chi connectivity index (χ0n) is 13.8. The molecule has 4 heterocycles. The highest BCUT2D eigenvalue weighted by Crippen LogP contribution is 2.38. The van der Waals surface area contributed by atoms with Crippen LogP contribution in [0.5, 0.6) is 0 Å². The minimum absolute atomic E-state index is 0.0672. The Morgan fingerprint density at radius 3 is 2.62 bits per heavy atom. The molecule has 4 saturated heterocycles. The van der Waals surface area contributed by atoms with Crippen molar-refractivity contribution in [3.8, 4) is 0 Å². The molecule has 0 radical (unpaired) electrons. The molecular formula is C17H21N5O2. The molecule has 2 unspecified atom stereocenters. The van der Waals surface area contributed by atoms with E-state index in [1.165, 1.54) is 17.8 Å². The average molecular weight is 327 g/mol. The fraction of sp³-hybridized carbons (Fsp3) is 0.529. The van der Waals surface area contributed by atoms with Crippen LogP contribution in [0.3, 0.4) is 0 Å². The van der Waals surface area contributed by atoms with Crippen molar-refractivity contribution in [2.45, 2.75) is 6.92 Å². The third kappa shape index (κ3) is 2.74. The van der Waals surface area contributed by atoms with Gasteiger partial charge in [-0.2, -0.15) is 10.2 Å². The van der Waals surface area contributed by atoms with Gasteiger partial charge in [0.15, 0.2) is 0 Å². The van der Waals surface area contributed by atoms with Crippen LogP contribution in [0.15, 0.2) is 34.5 Å². The molecule has 4 aliphatic rings. The van der Waals surface area contributed by atoms with Crippen molar-refractivity contribution in [1.29, 1.82) is 0 Å². The van der Waals surface area contributed by atoms with Crippen molar-refractivity contribution in [3.63, 3.8) is 0 Å². The number of rotatable bonds is 3. The van der Waals surface area contributed by atoms with E-state index in [4.69, 9.17) is 0 Å². The largest absolute Gasteiger partial charge is 0.300 e. The fourth-order valence-electron chi connectivity index (χ4n) is 4.38. The summed E-state index contributed by atoms with van der Waals surface area (Å²) in [4.78, 5) is 15.5. The fourth-order valence-corrected chi connectivity index (χ4v) is 4.38. The molecule has 4 fully saturated rings. The van der Waals surface area contributed by atoms with Gasteiger partial charge in [0.05, 0.1) is 16.8 Å². The zero-order chi connectivity index (χ0) is 16.7. The number of benzene rings is 1. The van der Waals surface area contributed by atoms with Crippen LogP contribution in [0, 0.1) is 21.4 Å². The molecule has 7 heteroatoms. The number of hydrogen-bond acceptors (Lipinski definition) is 6. The average Bonchev–Trinajstić information content (AvgIpc) is 2.77. The lowest BCUT2D eigenvalue weighted by Crippen LogP contribution is -2.59. The Labute approximate surface area is 140 Å². The molecule has 0 aliphatic carbocycles. The minimum Gasteiger partial charge on any atom is -0.300 e. The molecule has 4 bridgehead atoms. The first kappa shape index (κ1) is 15.4. The number of nitro benzene ring substituents is 1. The van der Waals surface area contributed by atoms with Gasteiger partial charge in [0.1, 0.15) is 0 Å². The lowest BCUT2D eigenvalue weighted by molar-refractivity contribution is -0.384. The van der Waals surface area contributed by atoms with Gasteiger partial charge in [0.2, 0.25) is 0 Å². The molecule has 5 rings (SSSR count). The quantitative estimate of drug-likeness (QED) is 0.480. The van der Waals surface area contributed by atoms with E-state index in [1.807, 2.05) is 0 Å². The highest BCUT2D eigenvalue weighted by Gasteiger charge is 2.49. The summed E-state index contributed by atoms with van der Waals surface area (Å²) >= 11 is 0. The van der Waals surface area contributed by atoms with Crippen LogP contribution >= 0.6 is 0 Å². The highest BCUT2D eigenvalue weighted by molar-refractivity contribution is 5.95. The number of nitrogens with zero attached hydrogens (tertiary/aromatic N) is 5. The summed E-state index contributed by atoms with van der Waals surface area (Å²) < 4.78 is 0. The maximum absolute atomic E-state index is 10.8. The first-order valence-electron chi connectivity index (χ1n) is 8.34. The summed E-state index contributed by atoms with van der Waals surface area (Å²) in [6.07, 6.45) is 1.61. The number of hydrogen-bond donors (Lipinski definition) is 0. The Balaban J connectivity index is 1.58. The SMILES string of the molecule is CC12CN3CCN(CC(C3)/C1=N\N=C\c1cccc([N+](=O)[O-])c1)C2. The molecule has 4 aliphatic heterocycles. The molecule has 7 nitrogen and oxygen atoms in total. The van der Waals surface area contributed by atoms with Gasteiger partial charge in [-0.05, 0) is 0 Å². The maximum atomic E-state index is 10.8. The summed E-state index contributed by atoms with van der Waals surface area (Å²) in [5.41, 5.74) is 2.04.